The quantitative estimate of drug-likeness (QED) is 0.705. The molecule has 0 bridgehead atoms. The molecule has 1 aliphatic heterocycles. The molecule has 7 heteroatoms. The van der Waals surface area contributed by atoms with Crippen LogP contribution in [0, 0.1) is 0 Å². The number of aromatic nitrogens is 2. The Bertz CT molecular complexity index is 950. The van der Waals surface area contributed by atoms with Gasteiger partial charge in [0.2, 0.25) is 5.82 Å². The van der Waals surface area contributed by atoms with E-state index in [1.807, 2.05) is 24.3 Å². The van der Waals surface area contributed by atoms with Crippen molar-refractivity contribution in [2.75, 3.05) is 13.1 Å². The summed E-state index contributed by atoms with van der Waals surface area (Å²) in [4.78, 5) is 17.1. The van der Waals surface area contributed by atoms with Gasteiger partial charge in [0.05, 0.1) is 11.1 Å². The van der Waals surface area contributed by atoms with E-state index in [1.165, 1.54) is 0 Å². The van der Waals surface area contributed by atoms with Crippen molar-refractivity contribution in [2.45, 2.75) is 18.9 Å². The first kappa shape index (κ1) is 17.7. The molecule has 2 heterocycles. The van der Waals surface area contributed by atoms with Crippen molar-refractivity contribution in [3.63, 3.8) is 0 Å². The molecule has 1 unspecified atom stereocenters. The summed E-state index contributed by atoms with van der Waals surface area (Å²) in [5, 5.41) is 11.0. The van der Waals surface area contributed by atoms with Gasteiger partial charge >= 0.3 is 0 Å². The van der Waals surface area contributed by atoms with E-state index in [1.54, 1.807) is 24.3 Å². The van der Waals surface area contributed by atoms with Gasteiger partial charge in [0.1, 0.15) is 0 Å². The zero-order chi connectivity index (χ0) is 18.6. The number of benzene rings is 2. The Balaban J connectivity index is 1.56. The van der Waals surface area contributed by atoms with Gasteiger partial charge in [-0.3, -0.25) is 4.79 Å². The smallest absolute Gasteiger partial charge is 0.259 e. The van der Waals surface area contributed by atoms with Gasteiger partial charge in [-0.25, -0.2) is 0 Å². The lowest BCUT2D eigenvalue weighted by Crippen LogP contribution is -2.37. The molecule has 1 aromatic heterocycles. The Hall–Kier alpha value is -2.70. The van der Waals surface area contributed by atoms with E-state index < -0.39 is 0 Å². The van der Waals surface area contributed by atoms with Gasteiger partial charge < -0.3 is 15.2 Å². The monoisotopic (exact) mass is 382 g/mol. The minimum absolute atomic E-state index is 0.151. The molecular weight excluding hydrogens is 364 g/mol. The largest absolute Gasteiger partial charge is 0.350 e. The fourth-order valence-electron chi connectivity index (χ4n) is 3.19. The molecule has 4 rings (SSSR count). The molecule has 1 aliphatic rings. The average molecular weight is 383 g/mol. The van der Waals surface area contributed by atoms with Crippen molar-refractivity contribution in [3.8, 4) is 22.8 Å². The van der Waals surface area contributed by atoms with E-state index in [2.05, 4.69) is 20.8 Å². The van der Waals surface area contributed by atoms with Crippen LogP contribution in [0.4, 0.5) is 0 Å². The minimum Gasteiger partial charge on any atom is -0.350 e. The van der Waals surface area contributed by atoms with Crippen LogP contribution in [0.3, 0.4) is 0 Å². The highest BCUT2D eigenvalue weighted by atomic mass is 35.5. The first-order valence-electron chi connectivity index (χ1n) is 8.91. The third kappa shape index (κ3) is 4.02. The number of halogens is 1. The van der Waals surface area contributed by atoms with Gasteiger partial charge in [0.15, 0.2) is 0 Å². The van der Waals surface area contributed by atoms with Crippen LogP contribution in [0.1, 0.15) is 23.2 Å². The first-order chi connectivity index (χ1) is 13.2. The Labute approximate surface area is 161 Å². The molecule has 2 aromatic carbocycles. The van der Waals surface area contributed by atoms with E-state index in [-0.39, 0.29) is 5.91 Å². The van der Waals surface area contributed by atoms with Crippen molar-refractivity contribution in [2.24, 2.45) is 0 Å². The van der Waals surface area contributed by atoms with Crippen molar-refractivity contribution < 1.29 is 9.32 Å². The fourth-order valence-corrected chi connectivity index (χ4v) is 3.38. The molecule has 2 N–H and O–H groups in total. The number of hydrogen-bond acceptors (Lipinski definition) is 5. The summed E-state index contributed by atoms with van der Waals surface area (Å²) in [6, 6.07) is 14.8. The van der Waals surface area contributed by atoms with Gasteiger partial charge in [-0.2, -0.15) is 4.98 Å². The highest BCUT2D eigenvalue weighted by molar-refractivity contribution is 6.30. The highest BCUT2D eigenvalue weighted by Gasteiger charge is 2.20. The molecule has 0 spiro atoms. The maximum Gasteiger partial charge on any atom is 0.259 e. The van der Waals surface area contributed by atoms with Crippen LogP contribution in [-0.2, 0) is 0 Å². The number of hydrogen-bond donors (Lipinski definition) is 2. The van der Waals surface area contributed by atoms with E-state index in [0.717, 1.165) is 24.9 Å². The summed E-state index contributed by atoms with van der Waals surface area (Å²) in [7, 11) is 0. The zero-order valence-corrected chi connectivity index (χ0v) is 15.4. The average Bonchev–Trinajstić information content (AvgIpc) is 3.38. The molecule has 1 saturated heterocycles. The maximum absolute atomic E-state index is 12.7. The van der Waals surface area contributed by atoms with Gasteiger partial charge in [-0.05, 0) is 43.7 Å². The lowest BCUT2D eigenvalue weighted by atomic mass is 10.1. The third-order valence-corrected chi connectivity index (χ3v) is 4.82. The van der Waals surface area contributed by atoms with Gasteiger partial charge in [0.25, 0.3) is 11.8 Å². The van der Waals surface area contributed by atoms with Crippen LogP contribution in [0.5, 0.6) is 0 Å². The van der Waals surface area contributed by atoms with Crippen LogP contribution in [-0.4, -0.2) is 35.2 Å². The number of carbonyl (C=O) groups is 1. The summed E-state index contributed by atoms with van der Waals surface area (Å²) in [5.41, 5.74) is 1.87. The number of rotatable bonds is 5. The van der Waals surface area contributed by atoms with Crippen LogP contribution in [0.2, 0.25) is 5.02 Å². The van der Waals surface area contributed by atoms with E-state index in [0.29, 0.717) is 40.5 Å². The molecule has 6 nitrogen and oxygen atoms in total. The second kappa shape index (κ2) is 7.90. The second-order valence-corrected chi connectivity index (χ2v) is 6.92. The zero-order valence-electron chi connectivity index (χ0n) is 14.6. The molecule has 27 heavy (non-hydrogen) atoms. The lowest BCUT2D eigenvalue weighted by molar-refractivity contribution is 0.0950. The van der Waals surface area contributed by atoms with Crippen molar-refractivity contribution >= 4 is 17.5 Å². The highest BCUT2D eigenvalue weighted by Crippen LogP contribution is 2.26. The Morgan fingerprint density at radius 1 is 1.26 bits per heavy atom. The first-order valence-corrected chi connectivity index (χ1v) is 9.29. The minimum atomic E-state index is -0.151. The molecule has 0 aliphatic carbocycles. The second-order valence-electron chi connectivity index (χ2n) is 6.48. The van der Waals surface area contributed by atoms with Crippen molar-refractivity contribution in [1.29, 1.82) is 0 Å². The van der Waals surface area contributed by atoms with Crippen LogP contribution < -0.4 is 10.6 Å². The third-order valence-electron chi connectivity index (χ3n) is 4.58. The molecule has 0 radical (unpaired) electrons. The molecular formula is C20H19ClN4O2. The lowest BCUT2D eigenvalue weighted by Gasteiger charge is -2.12. The van der Waals surface area contributed by atoms with Crippen LogP contribution in [0.25, 0.3) is 22.8 Å². The number of amides is 1. The molecule has 1 amide bonds. The summed E-state index contributed by atoms with van der Waals surface area (Å²) in [6.45, 7) is 1.61. The fraction of sp³-hybridized carbons (Fsp3) is 0.250. The van der Waals surface area contributed by atoms with Crippen molar-refractivity contribution in [1.82, 2.24) is 20.8 Å². The standard InChI is InChI=1S/C20H19ClN4O2/c21-14-6-3-5-13(11-14)18-24-20(27-25-18)17-9-2-1-8-16(17)19(26)23-12-15-7-4-10-22-15/h1-3,5-6,8-9,11,15,22H,4,7,10,12H2,(H,23,26). The van der Waals surface area contributed by atoms with E-state index >= 15 is 0 Å². The summed E-state index contributed by atoms with van der Waals surface area (Å²) in [5.74, 6) is 0.578. The van der Waals surface area contributed by atoms with Crippen LogP contribution >= 0.6 is 11.6 Å². The molecule has 1 atom stereocenters. The molecule has 138 valence electrons. The topological polar surface area (TPSA) is 80.0 Å². The molecule has 0 saturated carbocycles. The summed E-state index contributed by atoms with van der Waals surface area (Å²) in [6.07, 6.45) is 2.22. The Morgan fingerprint density at radius 3 is 2.96 bits per heavy atom. The predicted molar refractivity (Wildman–Crippen MR) is 104 cm³/mol. The Kier molecular flexibility index (Phi) is 5.18. The van der Waals surface area contributed by atoms with Crippen molar-refractivity contribution in [3.05, 3.63) is 59.1 Å². The number of nitrogens with one attached hydrogen (secondary N) is 2. The maximum atomic E-state index is 12.7. The van der Waals surface area contributed by atoms with Gasteiger partial charge in [-0.15, -0.1) is 0 Å². The van der Waals surface area contributed by atoms with Gasteiger partial charge in [0, 0.05) is 23.2 Å². The summed E-state index contributed by atoms with van der Waals surface area (Å²) < 4.78 is 5.42. The molecule has 1 fully saturated rings. The van der Waals surface area contributed by atoms with Gasteiger partial charge in [-0.1, -0.05) is 41.0 Å². The summed E-state index contributed by atoms with van der Waals surface area (Å²) >= 11 is 6.03. The van der Waals surface area contributed by atoms with E-state index in [9.17, 15) is 4.79 Å². The number of nitrogens with zero attached hydrogens (tertiary/aromatic N) is 2. The number of carbonyl (C=O) groups excluding carboxylic acids is 1. The molecule has 3 aromatic rings. The van der Waals surface area contributed by atoms with E-state index in [4.69, 9.17) is 16.1 Å². The SMILES string of the molecule is O=C(NCC1CCCN1)c1ccccc1-c1nc(-c2cccc(Cl)c2)no1. The Morgan fingerprint density at radius 2 is 2.15 bits per heavy atom. The van der Waals surface area contributed by atoms with Crippen LogP contribution in [0.15, 0.2) is 53.1 Å². The predicted octanol–water partition coefficient (Wildman–Crippen LogP) is 3.54. The normalized spacial score (nSPS) is 16.4.